The molecule has 10 rings (SSSR count). The molecule has 0 amide bonds. The molecule has 3 aromatic carbocycles. The van der Waals surface area contributed by atoms with E-state index in [-0.39, 0.29) is 43.3 Å². The van der Waals surface area contributed by atoms with E-state index in [4.69, 9.17) is 33.2 Å². The lowest BCUT2D eigenvalue weighted by Crippen LogP contribution is -2.69. The van der Waals surface area contributed by atoms with Gasteiger partial charge in [0.05, 0.1) is 37.6 Å². The van der Waals surface area contributed by atoms with Gasteiger partial charge in [0.15, 0.2) is 40.0 Å². The Kier molecular flexibility index (Phi) is 9.23. The molecule has 0 aliphatic carbocycles. The van der Waals surface area contributed by atoms with Crippen LogP contribution in [0.5, 0.6) is 40.2 Å². The van der Waals surface area contributed by atoms with E-state index in [1.54, 1.807) is 25.3 Å². The second-order valence-electron chi connectivity index (χ2n) is 15.2. The molecule has 3 N–H and O–H groups in total. The van der Waals surface area contributed by atoms with Gasteiger partial charge >= 0.3 is 11.9 Å². The highest BCUT2D eigenvalue weighted by molar-refractivity contribution is 7.99. The highest BCUT2D eigenvalue weighted by atomic mass is 32.2. The number of nitriles is 1. The number of methoxy groups -OCH3 is 2. The summed E-state index contributed by atoms with van der Waals surface area (Å²) in [5.74, 6) is 1.86. The van der Waals surface area contributed by atoms with Crippen LogP contribution in [0.1, 0.15) is 68.8 Å². The fourth-order valence-electron chi connectivity index (χ4n) is 10.1. The Morgan fingerprint density at radius 3 is 2.65 bits per heavy atom. The van der Waals surface area contributed by atoms with Crippen molar-refractivity contribution in [3.8, 4) is 46.3 Å². The topological polar surface area (TPSA) is 170 Å². The highest BCUT2D eigenvalue weighted by Crippen LogP contribution is 2.63. The SMILES string of the molecule is C=CCOc1c(OC)c(C)cc2c1[C@@H]1N[C@H](C2)[C@H](C#N)N2C1[C@@H]1SC[C@]3(NCCc4cc(O)c(OC)cc43)C(=O)OC[C@@H]2c2c3c(c(C)c(OC(C)=O)c21)OCO3. The number of thioether (sulfide) groups is 1. The maximum atomic E-state index is 14.8. The zero-order chi connectivity index (χ0) is 39.9. The number of carbonyl (C=O) groups excluding carboxylic acids is 2. The molecule has 7 heterocycles. The Morgan fingerprint density at radius 2 is 1.91 bits per heavy atom. The third kappa shape index (κ3) is 5.48. The van der Waals surface area contributed by atoms with E-state index in [2.05, 4.69) is 34.2 Å². The molecule has 2 fully saturated rings. The molecule has 1 spiro atoms. The van der Waals surface area contributed by atoms with Crippen molar-refractivity contribution < 1.29 is 47.9 Å². The first-order chi connectivity index (χ1) is 27.6. The average Bonchev–Trinajstić information content (AvgIpc) is 3.69. The Balaban J connectivity index is 1.32. The number of benzene rings is 3. The second-order valence-corrected chi connectivity index (χ2v) is 16.4. The van der Waals surface area contributed by atoms with E-state index in [1.165, 1.54) is 25.8 Å². The zero-order valence-corrected chi connectivity index (χ0v) is 33.2. The lowest BCUT2D eigenvalue weighted by atomic mass is 9.72. The predicted molar refractivity (Wildman–Crippen MR) is 207 cm³/mol. The number of carbonyl (C=O) groups is 2. The molecule has 7 atom stereocenters. The molecule has 0 aromatic heterocycles. The van der Waals surface area contributed by atoms with E-state index < -0.39 is 46.9 Å². The minimum Gasteiger partial charge on any atom is -0.504 e. The monoisotopic (exact) mass is 796 g/mol. The molecule has 2 saturated heterocycles. The number of phenolic OH excluding ortho intramolecular Hbond substituents is 1. The molecule has 7 aliphatic rings. The van der Waals surface area contributed by atoms with E-state index in [1.807, 2.05) is 13.8 Å². The minimum atomic E-state index is -1.35. The molecule has 4 bridgehead atoms. The Labute approximate surface area is 334 Å². The molecule has 15 heteroatoms. The first-order valence-electron chi connectivity index (χ1n) is 19.0. The van der Waals surface area contributed by atoms with Crippen molar-refractivity contribution in [2.45, 2.75) is 74.6 Å². The van der Waals surface area contributed by atoms with Crippen LogP contribution in [0.25, 0.3) is 0 Å². The molecule has 7 aliphatic heterocycles. The van der Waals surface area contributed by atoms with Gasteiger partial charge in [-0.2, -0.15) is 5.26 Å². The molecule has 57 heavy (non-hydrogen) atoms. The molecule has 14 nitrogen and oxygen atoms in total. The van der Waals surface area contributed by atoms with Crippen molar-refractivity contribution in [2.24, 2.45) is 0 Å². The normalized spacial score (nSPS) is 27.8. The largest absolute Gasteiger partial charge is 0.504 e. The maximum Gasteiger partial charge on any atom is 0.331 e. The lowest BCUT2D eigenvalue weighted by Gasteiger charge is -2.59. The van der Waals surface area contributed by atoms with Gasteiger partial charge in [-0.1, -0.05) is 18.7 Å². The van der Waals surface area contributed by atoms with E-state index in [9.17, 15) is 20.0 Å². The number of phenols is 1. The van der Waals surface area contributed by atoms with E-state index in [0.29, 0.717) is 70.4 Å². The number of hydrogen-bond acceptors (Lipinski definition) is 15. The number of nitrogens with one attached hydrogen (secondary N) is 2. The van der Waals surface area contributed by atoms with Gasteiger partial charge in [-0.3, -0.25) is 15.0 Å². The summed E-state index contributed by atoms with van der Waals surface area (Å²) >= 11 is 1.51. The van der Waals surface area contributed by atoms with Gasteiger partial charge < -0.3 is 43.6 Å². The molecule has 298 valence electrons. The smallest absolute Gasteiger partial charge is 0.331 e. The summed E-state index contributed by atoms with van der Waals surface area (Å²) in [6.45, 7) is 9.57. The fraction of sp³-hybridized carbons (Fsp3) is 0.452. The van der Waals surface area contributed by atoms with Gasteiger partial charge in [-0.25, -0.2) is 4.79 Å². The van der Waals surface area contributed by atoms with Crippen molar-refractivity contribution in [3.63, 3.8) is 0 Å². The lowest BCUT2D eigenvalue weighted by molar-refractivity contribution is -0.155. The van der Waals surface area contributed by atoms with Crippen LogP contribution in [-0.4, -0.2) is 86.6 Å². The summed E-state index contributed by atoms with van der Waals surface area (Å²) in [7, 11) is 3.10. The quantitative estimate of drug-likeness (QED) is 0.181. The fourth-order valence-corrected chi connectivity index (χ4v) is 11.8. The van der Waals surface area contributed by atoms with Crippen molar-refractivity contribution in [3.05, 3.63) is 75.4 Å². The van der Waals surface area contributed by atoms with Gasteiger partial charge in [0, 0.05) is 53.6 Å². The summed E-state index contributed by atoms with van der Waals surface area (Å²) in [6, 6.07) is 5.48. The van der Waals surface area contributed by atoms with E-state index in [0.717, 1.165) is 22.3 Å². The zero-order valence-electron chi connectivity index (χ0n) is 32.4. The van der Waals surface area contributed by atoms with Crippen molar-refractivity contribution in [2.75, 3.05) is 46.5 Å². The molecule has 3 aromatic rings. The van der Waals surface area contributed by atoms with Crippen molar-refractivity contribution in [1.29, 1.82) is 5.26 Å². The van der Waals surface area contributed by atoms with Crippen LogP contribution >= 0.6 is 11.8 Å². The first-order valence-corrected chi connectivity index (χ1v) is 20.1. The number of ether oxygens (including phenoxy) is 7. The second kappa shape index (κ2) is 14.1. The third-order valence-electron chi connectivity index (χ3n) is 12.3. The molecular weight excluding hydrogens is 753 g/mol. The number of nitrogens with zero attached hydrogens (tertiary/aromatic N) is 2. The summed E-state index contributed by atoms with van der Waals surface area (Å²) in [5.41, 5.74) is 4.94. The average molecular weight is 797 g/mol. The summed E-state index contributed by atoms with van der Waals surface area (Å²) in [6.07, 6.45) is 2.79. The van der Waals surface area contributed by atoms with Gasteiger partial charge in [0.2, 0.25) is 6.79 Å². The number of rotatable bonds is 6. The predicted octanol–water partition coefficient (Wildman–Crippen LogP) is 4.50. The van der Waals surface area contributed by atoms with Crippen molar-refractivity contribution in [1.82, 2.24) is 15.5 Å². The van der Waals surface area contributed by atoms with Crippen LogP contribution in [0.15, 0.2) is 30.9 Å². The number of esters is 2. The summed E-state index contributed by atoms with van der Waals surface area (Å²) in [5, 5.41) is 28.8. The Bertz CT molecular complexity index is 2280. The number of piperazine rings is 1. The highest BCUT2D eigenvalue weighted by Gasteiger charge is 2.60. The van der Waals surface area contributed by atoms with Gasteiger partial charge in [0.1, 0.15) is 25.0 Å². The third-order valence-corrected chi connectivity index (χ3v) is 13.7. The molecule has 0 saturated carbocycles. The molecule has 1 unspecified atom stereocenters. The van der Waals surface area contributed by atoms with Gasteiger partial charge in [-0.05, 0) is 61.1 Å². The Hall–Kier alpha value is -5.14. The number of hydrogen-bond donors (Lipinski definition) is 3. The van der Waals surface area contributed by atoms with E-state index >= 15 is 0 Å². The molecule has 0 radical (unpaired) electrons. The minimum absolute atomic E-state index is 0.0168. The first kappa shape index (κ1) is 37.4. The van der Waals surface area contributed by atoms with Crippen molar-refractivity contribution >= 4 is 23.7 Å². The van der Waals surface area contributed by atoms with Crippen LogP contribution in [0, 0.1) is 25.2 Å². The van der Waals surface area contributed by atoms with Gasteiger partial charge in [-0.15, -0.1) is 11.8 Å². The molecular formula is C42H44N4O10S. The summed E-state index contributed by atoms with van der Waals surface area (Å²) in [4.78, 5) is 30.0. The van der Waals surface area contributed by atoms with Crippen LogP contribution in [0.2, 0.25) is 0 Å². The van der Waals surface area contributed by atoms with Crippen LogP contribution in [0.3, 0.4) is 0 Å². The summed E-state index contributed by atoms with van der Waals surface area (Å²) < 4.78 is 42.9. The standard InChI is InChI=1S/C42H44N4O10S/c1-7-10-52-38-30-23(11-19(2)35(38)51-6)12-25-26(15-43)46-27-16-53-41(49)42(24-14-29(50-5)28(48)13-22(24)8-9-44-42)17-57-40(34(46)33(30)45-25)32-31(27)39-37(54-18-55-39)20(3)36(32)56-21(4)47/h7,11,13-14,25-27,33-34,40,44-45,48H,1,8-10,12,16-18H2,2-6H3/t25-,26+,27-,33+,34?,40-,42-/m1/s1. The Morgan fingerprint density at radius 1 is 1.11 bits per heavy atom. The maximum absolute atomic E-state index is 14.8. The van der Waals surface area contributed by atoms with Crippen LogP contribution in [-0.2, 0) is 32.7 Å². The van der Waals surface area contributed by atoms with Gasteiger partial charge in [0.25, 0.3) is 0 Å². The number of fused-ring (bicyclic) bond motifs is 9. The number of aromatic hydroxyl groups is 1. The van der Waals surface area contributed by atoms with Crippen LogP contribution < -0.4 is 39.1 Å². The van der Waals surface area contributed by atoms with Crippen LogP contribution in [0.4, 0.5) is 0 Å². The number of aryl methyl sites for hydroxylation is 1.